The van der Waals surface area contributed by atoms with E-state index in [1.807, 2.05) is 10.6 Å². The van der Waals surface area contributed by atoms with Crippen LogP contribution in [0.4, 0.5) is 0 Å². The van der Waals surface area contributed by atoms with Crippen LogP contribution in [-0.2, 0) is 0 Å². The van der Waals surface area contributed by atoms with E-state index in [0.29, 0.717) is 12.2 Å². The van der Waals surface area contributed by atoms with Crippen molar-refractivity contribution in [2.75, 3.05) is 0 Å². The molecule has 0 bridgehead atoms. The van der Waals surface area contributed by atoms with E-state index < -0.39 is 0 Å². The molecule has 1 aromatic heterocycles. The van der Waals surface area contributed by atoms with Crippen LogP contribution in [0.5, 0.6) is 0 Å². The monoisotopic (exact) mass is 309 g/mol. The quantitative estimate of drug-likeness (QED) is 0.776. The smallest absolute Gasteiger partial charge is 0.261 e. The van der Waals surface area contributed by atoms with Crippen LogP contribution in [0, 0.1) is 0 Å². The molecule has 0 saturated heterocycles. The molecule has 0 atom stereocenters. The lowest BCUT2D eigenvalue weighted by molar-refractivity contribution is 0.112. The fraction of sp³-hybridized carbons (Fsp3) is 0.400. The summed E-state index contributed by atoms with van der Waals surface area (Å²) in [5, 5.41) is 0. The molecule has 3 rings (SSSR count). The Morgan fingerprint density at radius 1 is 1.04 bits per heavy atom. The average molecular weight is 309 g/mol. The van der Waals surface area contributed by atoms with Crippen LogP contribution in [0.3, 0.4) is 0 Å². The summed E-state index contributed by atoms with van der Waals surface area (Å²) in [5.41, 5.74) is 3.34. The SMILES string of the molecule is CC(C)c1ccc(-c2ccc(C=O)c(=O)n2C2CCCC2)cc1. The van der Waals surface area contributed by atoms with E-state index in [-0.39, 0.29) is 17.2 Å². The number of benzene rings is 1. The summed E-state index contributed by atoms with van der Waals surface area (Å²) in [4.78, 5) is 23.8. The number of hydrogen-bond donors (Lipinski definition) is 0. The summed E-state index contributed by atoms with van der Waals surface area (Å²) in [7, 11) is 0. The number of carbonyl (C=O) groups is 1. The maximum Gasteiger partial charge on any atom is 0.261 e. The first-order valence-electron chi connectivity index (χ1n) is 8.43. The third-order valence-electron chi connectivity index (χ3n) is 4.84. The third kappa shape index (κ3) is 3.00. The van der Waals surface area contributed by atoms with Crippen molar-refractivity contribution in [1.29, 1.82) is 0 Å². The van der Waals surface area contributed by atoms with E-state index in [4.69, 9.17) is 0 Å². The Morgan fingerprint density at radius 3 is 2.26 bits per heavy atom. The minimum atomic E-state index is -0.155. The van der Waals surface area contributed by atoms with Crippen LogP contribution in [0.15, 0.2) is 41.2 Å². The number of rotatable bonds is 4. The van der Waals surface area contributed by atoms with E-state index in [1.54, 1.807) is 6.07 Å². The van der Waals surface area contributed by atoms with Crippen molar-refractivity contribution >= 4 is 6.29 Å². The highest BCUT2D eigenvalue weighted by atomic mass is 16.1. The van der Waals surface area contributed by atoms with Crippen molar-refractivity contribution in [2.24, 2.45) is 0 Å². The Kier molecular flexibility index (Phi) is 4.46. The summed E-state index contributed by atoms with van der Waals surface area (Å²) in [6.07, 6.45) is 4.99. The van der Waals surface area contributed by atoms with Crippen molar-refractivity contribution < 1.29 is 4.79 Å². The topological polar surface area (TPSA) is 39.1 Å². The van der Waals surface area contributed by atoms with Gasteiger partial charge in [0.2, 0.25) is 0 Å². The standard InChI is InChI=1S/C20H23NO2/c1-14(2)15-7-9-16(10-8-15)19-12-11-17(13-22)20(23)21(19)18-5-3-4-6-18/h7-14,18H,3-6H2,1-2H3. The molecule has 3 heteroatoms. The van der Waals surface area contributed by atoms with Crippen LogP contribution in [-0.4, -0.2) is 10.9 Å². The number of nitrogens with zero attached hydrogens (tertiary/aromatic N) is 1. The van der Waals surface area contributed by atoms with Crippen molar-refractivity contribution in [3.63, 3.8) is 0 Å². The summed E-state index contributed by atoms with van der Waals surface area (Å²) in [6, 6.07) is 12.2. The van der Waals surface area contributed by atoms with Crippen molar-refractivity contribution in [1.82, 2.24) is 4.57 Å². The fourth-order valence-corrected chi connectivity index (χ4v) is 3.46. The summed E-state index contributed by atoms with van der Waals surface area (Å²) in [5.74, 6) is 0.485. The minimum Gasteiger partial charge on any atom is -0.305 e. The Hall–Kier alpha value is -2.16. The Balaban J connectivity index is 2.12. The molecule has 0 radical (unpaired) electrons. The highest BCUT2D eigenvalue weighted by molar-refractivity contribution is 5.75. The number of pyridine rings is 1. The largest absolute Gasteiger partial charge is 0.305 e. The summed E-state index contributed by atoms with van der Waals surface area (Å²) < 4.78 is 1.85. The number of hydrogen-bond acceptors (Lipinski definition) is 2. The van der Waals surface area contributed by atoms with Gasteiger partial charge in [-0.2, -0.15) is 0 Å². The molecule has 1 aliphatic rings. The van der Waals surface area contributed by atoms with Crippen LogP contribution in [0.1, 0.15) is 67.4 Å². The molecular formula is C20H23NO2. The fourth-order valence-electron chi connectivity index (χ4n) is 3.46. The minimum absolute atomic E-state index is 0.155. The number of aldehydes is 1. The molecule has 1 heterocycles. The van der Waals surface area contributed by atoms with Crippen molar-refractivity contribution in [3.05, 3.63) is 57.9 Å². The highest BCUT2D eigenvalue weighted by Crippen LogP contribution is 2.32. The second kappa shape index (κ2) is 6.53. The zero-order valence-electron chi connectivity index (χ0n) is 13.8. The second-order valence-electron chi connectivity index (χ2n) is 6.68. The van der Waals surface area contributed by atoms with Crippen LogP contribution >= 0.6 is 0 Å². The lowest BCUT2D eigenvalue weighted by atomic mass is 10.00. The van der Waals surface area contributed by atoms with Gasteiger partial charge in [0.15, 0.2) is 6.29 Å². The Morgan fingerprint density at radius 2 is 1.70 bits per heavy atom. The molecule has 120 valence electrons. The Bertz CT molecular complexity index is 750. The van der Waals surface area contributed by atoms with Gasteiger partial charge in [-0.05, 0) is 42.0 Å². The van der Waals surface area contributed by atoms with Gasteiger partial charge in [0.1, 0.15) is 0 Å². The molecule has 0 aliphatic heterocycles. The lowest BCUT2D eigenvalue weighted by Crippen LogP contribution is -2.27. The zero-order valence-corrected chi connectivity index (χ0v) is 13.8. The molecule has 0 N–H and O–H groups in total. The van der Waals surface area contributed by atoms with E-state index in [1.165, 1.54) is 5.56 Å². The molecule has 1 fully saturated rings. The number of carbonyl (C=O) groups excluding carboxylic acids is 1. The molecular weight excluding hydrogens is 286 g/mol. The predicted molar refractivity (Wildman–Crippen MR) is 93.1 cm³/mol. The van der Waals surface area contributed by atoms with Gasteiger partial charge in [0.05, 0.1) is 11.3 Å². The second-order valence-corrected chi connectivity index (χ2v) is 6.68. The van der Waals surface area contributed by atoms with Gasteiger partial charge < -0.3 is 4.57 Å². The molecule has 0 amide bonds. The van der Waals surface area contributed by atoms with E-state index in [9.17, 15) is 9.59 Å². The zero-order chi connectivity index (χ0) is 16.4. The van der Waals surface area contributed by atoms with Gasteiger partial charge in [0, 0.05) is 6.04 Å². The van der Waals surface area contributed by atoms with E-state index in [0.717, 1.165) is 36.9 Å². The molecule has 1 saturated carbocycles. The highest BCUT2D eigenvalue weighted by Gasteiger charge is 2.22. The number of aromatic nitrogens is 1. The van der Waals surface area contributed by atoms with Crippen molar-refractivity contribution in [2.45, 2.75) is 51.5 Å². The molecule has 0 spiro atoms. The van der Waals surface area contributed by atoms with Gasteiger partial charge in [0.25, 0.3) is 5.56 Å². The normalized spacial score (nSPS) is 15.3. The molecule has 1 aliphatic carbocycles. The first-order chi connectivity index (χ1) is 11.1. The van der Waals surface area contributed by atoms with Crippen LogP contribution in [0.2, 0.25) is 0 Å². The summed E-state index contributed by atoms with van der Waals surface area (Å²) >= 11 is 0. The average Bonchev–Trinajstić information content (AvgIpc) is 3.08. The maximum absolute atomic E-state index is 12.7. The summed E-state index contributed by atoms with van der Waals surface area (Å²) in [6.45, 7) is 4.34. The lowest BCUT2D eigenvalue weighted by Gasteiger charge is -2.20. The van der Waals surface area contributed by atoms with E-state index in [2.05, 4.69) is 38.1 Å². The maximum atomic E-state index is 12.7. The first kappa shape index (κ1) is 15.7. The molecule has 2 aromatic rings. The van der Waals surface area contributed by atoms with E-state index >= 15 is 0 Å². The third-order valence-corrected chi connectivity index (χ3v) is 4.84. The van der Waals surface area contributed by atoms with Gasteiger partial charge in [-0.25, -0.2) is 0 Å². The van der Waals surface area contributed by atoms with Crippen LogP contribution < -0.4 is 5.56 Å². The van der Waals surface area contributed by atoms with Crippen LogP contribution in [0.25, 0.3) is 11.3 Å². The van der Waals surface area contributed by atoms with Gasteiger partial charge >= 0.3 is 0 Å². The molecule has 0 unspecified atom stereocenters. The first-order valence-corrected chi connectivity index (χ1v) is 8.43. The Labute approximate surface area is 137 Å². The molecule has 1 aromatic carbocycles. The molecule has 3 nitrogen and oxygen atoms in total. The van der Waals surface area contributed by atoms with Crippen molar-refractivity contribution in [3.8, 4) is 11.3 Å². The van der Waals surface area contributed by atoms with Gasteiger partial charge in [-0.3, -0.25) is 9.59 Å². The predicted octanol–water partition coefficient (Wildman–Crippen LogP) is 4.57. The van der Waals surface area contributed by atoms with Gasteiger partial charge in [-0.1, -0.05) is 51.0 Å². The molecule has 23 heavy (non-hydrogen) atoms. The van der Waals surface area contributed by atoms with Gasteiger partial charge in [-0.15, -0.1) is 0 Å².